The van der Waals surface area contributed by atoms with Gasteiger partial charge in [0.2, 0.25) is 0 Å². The van der Waals surface area contributed by atoms with Crippen LogP contribution < -0.4 is 14.8 Å². The summed E-state index contributed by atoms with van der Waals surface area (Å²) in [6, 6.07) is 17.7. The summed E-state index contributed by atoms with van der Waals surface area (Å²) >= 11 is 0. The lowest BCUT2D eigenvalue weighted by Crippen LogP contribution is -2.51. The van der Waals surface area contributed by atoms with Gasteiger partial charge in [0.25, 0.3) is 0 Å². The van der Waals surface area contributed by atoms with Crippen molar-refractivity contribution in [3.63, 3.8) is 0 Å². The van der Waals surface area contributed by atoms with Crippen LogP contribution in [0.2, 0.25) is 0 Å². The highest BCUT2D eigenvalue weighted by Gasteiger charge is 2.21. The molecule has 1 aliphatic rings. The normalized spacial score (nSPS) is 17.6. The van der Waals surface area contributed by atoms with E-state index in [1.165, 1.54) is 24.0 Å². The Morgan fingerprint density at radius 2 is 1.78 bits per heavy atom. The Bertz CT molecular complexity index is 690. The first-order chi connectivity index (χ1) is 13.3. The molecule has 4 heteroatoms. The molecule has 1 aliphatic heterocycles. The van der Waals surface area contributed by atoms with Crippen LogP contribution in [0.1, 0.15) is 24.0 Å². The average Bonchev–Trinajstić information content (AvgIpc) is 2.73. The van der Waals surface area contributed by atoms with Gasteiger partial charge >= 0.3 is 0 Å². The molecule has 4 nitrogen and oxygen atoms in total. The molecular weight excluding hydrogens is 336 g/mol. The fourth-order valence-electron chi connectivity index (χ4n) is 3.88. The second kappa shape index (κ2) is 10.3. The van der Waals surface area contributed by atoms with Gasteiger partial charge in [-0.25, -0.2) is 0 Å². The molecule has 1 heterocycles. The third kappa shape index (κ3) is 5.72. The van der Waals surface area contributed by atoms with Crippen LogP contribution in [0.3, 0.4) is 0 Å². The van der Waals surface area contributed by atoms with Crippen molar-refractivity contribution in [1.82, 2.24) is 10.2 Å². The summed E-state index contributed by atoms with van der Waals surface area (Å²) in [5.41, 5.74) is 2.74. The van der Waals surface area contributed by atoms with Crippen molar-refractivity contribution in [2.24, 2.45) is 0 Å². The number of benzene rings is 2. The first-order valence-electron chi connectivity index (χ1n) is 9.99. The quantitative estimate of drug-likeness (QED) is 0.734. The van der Waals surface area contributed by atoms with E-state index >= 15 is 0 Å². The van der Waals surface area contributed by atoms with Crippen molar-refractivity contribution in [1.29, 1.82) is 0 Å². The van der Waals surface area contributed by atoms with E-state index in [1.54, 1.807) is 14.2 Å². The van der Waals surface area contributed by atoms with Gasteiger partial charge in [0.15, 0.2) is 11.5 Å². The van der Waals surface area contributed by atoms with E-state index in [1.807, 2.05) is 6.07 Å². The molecular formula is C23H32N2O2. The molecule has 2 aromatic carbocycles. The Labute approximate surface area is 163 Å². The number of hydrogen-bond donors (Lipinski definition) is 1. The monoisotopic (exact) mass is 368 g/mol. The van der Waals surface area contributed by atoms with Crippen molar-refractivity contribution < 1.29 is 9.47 Å². The summed E-state index contributed by atoms with van der Waals surface area (Å²) < 4.78 is 10.7. The number of hydrogen-bond acceptors (Lipinski definition) is 4. The number of aryl methyl sites for hydroxylation is 1. The highest BCUT2D eigenvalue weighted by Crippen LogP contribution is 2.28. The zero-order chi connectivity index (χ0) is 18.9. The first kappa shape index (κ1) is 19.7. The number of rotatable bonds is 9. The molecule has 1 atom stereocenters. The minimum atomic E-state index is 0.627. The van der Waals surface area contributed by atoms with Crippen molar-refractivity contribution in [2.75, 3.05) is 40.4 Å². The largest absolute Gasteiger partial charge is 0.493 e. The van der Waals surface area contributed by atoms with Crippen LogP contribution in [0.15, 0.2) is 48.5 Å². The molecule has 1 N–H and O–H groups in total. The topological polar surface area (TPSA) is 33.7 Å². The summed E-state index contributed by atoms with van der Waals surface area (Å²) in [5.74, 6) is 1.61. The smallest absolute Gasteiger partial charge is 0.160 e. The van der Waals surface area contributed by atoms with Crippen LogP contribution in [-0.2, 0) is 12.8 Å². The Morgan fingerprint density at radius 1 is 0.963 bits per heavy atom. The highest BCUT2D eigenvalue weighted by atomic mass is 16.5. The molecule has 3 rings (SSSR count). The molecule has 146 valence electrons. The lowest BCUT2D eigenvalue weighted by Gasteiger charge is -2.36. The Balaban J connectivity index is 1.49. The fourth-order valence-corrected chi connectivity index (χ4v) is 3.88. The molecule has 0 aromatic heterocycles. The number of methoxy groups -OCH3 is 2. The van der Waals surface area contributed by atoms with Gasteiger partial charge < -0.3 is 14.8 Å². The summed E-state index contributed by atoms with van der Waals surface area (Å²) in [5, 5.41) is 3.57. The molecule has 0 saturated carbocycles. The number of nitrogens with one attached hydrogen (secondary N) is 1. The number of ether oxygens (including phenoxy) is 2. The van der Waals surface area contributed by atoms with Crippen molar-refractivity contribution in [2.45, 2.75) is 31.7 Å². The zero-order valence-corrected chi connectivity index (χ0v) is 16.6. The maximum absolute atomic E-state index is 5.42. The average molecular weight is 369 g/mol. The molecule has 0 aliphatic carbocycles. The van der Waals surface area contributed by atoms with Crippen LogP contribution in [0, 0.1) is 0 Å². The van der Waals surface area contributed by atoms with Gasteiger partial charge in [-0.1, -0.05) is 36.4 Å². The minimum absolute atomic E-state index is 0.627. The lowest BCUT2D eigenvalue weighted by atomic mass is 10.0. The van der Waals surface area contributed by atoms with Crippen molar-refractivity contribution in [3.05, 3.63) is 59.7 Å². The molecule has 2 aromatic rings. The third-order valence-corrected chi connectivity index (χ3v) is 5.45. The summed E-state index contributed by atoms with van der Waals surface area (Å²) in [7, 11) is 3.37. The SMILES string of the molecule is COc1ccc(CCCC2CNCCN2CCc2ccccc2)cc1OC. The second-order valence-corrected chi connectivity index (χ2v) is 7.21. The van der Waals surface area contributed by atoms with Gasteiger partial charge in [0, 0.05) is 32.2 Å². The van der Waals surface area contributed by atoms with E-state index in [-0.39, 0.29) is 0 Å². The van der Waals surface area contributed by atoms with Gasteiger partial charge in [-0.05, 0) is 48.9 Å². The van der Waals surface area contributed by atoms with Crippen LogP contribution in [-0.4, -0.2) is 51.3 Å². The molecule has 0 bridgehead atoms. The van der Waals surface area contributed by atoms with Crippen LogP contribution in [0.4, 0.5) is 0 Å². The molecule has 1 unspecified atom stereocenters. The highest BCUT2D eigenvalue weighted by molar-refractivity contribution is 5.42. The number of nitrogens with zero attached hydrogens (tertiary/aromatic N) is 1. The van der Waals surface area contributed by atoms with E-state index in [0.29, 0.717) is 6.04 Å². The van der Waals surface area contributed by atoms with Gasteiger partial charge in [0.05, 0.1) is 14.2 Å². The predicted molar refractivity (Wildman–Crippen MR) is 111 cm³/mol. The standard InChI is InChI=1S/C23H32N2O2/c1-26-22-12-11-20(17-23(22)27-2)9-6-10-21-18-24-14-16-25(21)15-13-19-7-4-3-5-8-19/h3-5,7-8,11-12,17,21,24H,6,9-10,13-16,18H2,1-2H3. The first-order valence-corrected chi connectivity index (χ1v) is 9.99. The summed E-state index contributed by atoms with van der Waals surface area (Å²) in [6.07, 6.45) is 4.61. The van der Waals surface area contributed by atoms with Crippen LogP contribution in [0.25, 0.3) is 0 Å². The third-order valence-electron chi connectivity index (χ3n) is 5.45. The van der Waals surface area contributed by atoms with E-state index in [4.69, 9.17) is 9.47 Å². The van der Waals surface area contributed by atoms with E-state index < -0.39 is 0 Å². The second-order valence-electron chi connectivity index (χ2n) is 7.21. The van der Waals surface area contributed by atoms with Crippen LogP contribution in [0.5, 0.6) is 11.5 Å². The molecule has 0 amide bonds. The van der Waals surface area contributed by atoms with E-state index in [9.17, 15) is 0 Å². The predicted octanol–water partition coefficient (Wildman–Crippen LogP) is 3.54. The fraction of sp³-hybridized carbons (Fsp3) is 0.478. The van der Waals surface area contributed by atoms with Gasteiger partial charge in [-0.15, -0.1) is 0 Å². The summed E-state index contributed by atoms with van der Waals surface area (Å²) in [4.78, 5) is 2.66. The van der Waals surface area contributed by atoms with Crippen molar-refractivity contribution >= 4 is 0 Å². The maximum atomic E-state index is 5.42. The Hall–Kier alpha value is -2.04. The molecule has 1 fully saturated rings. The molecule has 0 spiro atoms. The maximum Gasteiger partial charge on any atom is 0.160 e. The Kier molecular flexibility index (Phi) is 7.55. The zero-order valence-electron chi connectivity index (χ0n) is 16.6. The van der Waals surface area contributed by atoms with Gasteiger partial charge in [-0.2, -0.15) is 0 Å². The van der Waals surface area contributed by atoms with Gasteiger partial charge in [-0.3, -0.25) is 4.90 Å². The van der Waals surface area contributed by atoms with Crippen molar-refractivity contribution in [3.8, 4) is 11.5 Å². The number of piperazine rings is 1. The van der Waals surface area contributed by atoms with Gasteiger partial charge in [0.1, 0.15) is 0 Å². The Morgan fingerprint density at radius 3 is 2.56 bits per heavy atom. The lowest BCUT2D eigenvalue weighted by molar-refractivity contribution is 0.153. The minimum Gasteiger partial charge on any atom is -0.493 e. The summed E-state index contributed by atoms with van der Waals surface area (Å²) in [6.45, 7) is 4.49. The molecule has 27 heavy (non-hydrogen) atoms. The van der Waals surface area contributed by atoms with E-state index in [0.717, 1.165) is 50.5 Å². The molecule has 1 saturated heterocycles. The molecule has 0 radical (unpaired) electrons. The van der Waals surface area contributed by atoms with Crippen LogP contribution >= 0.6 is 0 Å². The van der Waals surface area contributed by atoms with E-state index in [2.05, 4.69) is 52.7 Å².